The van der Waals surface area contributed by atoms with Gasteiger partial charge in [-0.05, 0) is 45.1 Å². The van der Waals surface area contributed by atoms with Gasteiger partial charge in [0.25, 0.3) is 0 Å². The fourth-order valence-corrected chi connectivity index (χ4v) is 3.43. The van der Waals surface area contributed by atoms with Crippen molar-refractivity contribution in [2.45, 2.75) is 44.7 Å². The molecule has 1 heterocycles. The molecule has 1 aliphatic carbocycles. The third-order valence-electron chi connectivity index (χ3n) is 3.98. The van der Waals surface area contributed by atoms with E-state index in [-0.39, 0.29) is 17.9 Å². The second kappa shape index (κ2) is 6.41. The first-order valence-corrected chi connectivity index (χ1v) is 9.20. The first-order valence-electron chi connectivity index (χ1n) is 7.35. The molecular formula is C13H25N3O3S. The molecule has 2 unspecified atom stereocenters. The van der Waals surface area contributed by atoms with Gasteiger partial charge in [0.15, 0.2) is 0 Å². The van der Waals surface area contributed by atoms with Crippen molar-refractivity contribution in [2.24, 2.45) is 5.92 Å². The van der Waals surface area contributed by atoms with Gasteiger partial charge in [0, 0.05) is 19.1 Å². The SMILES string of the molecule is CC(NCC1CCCN(S(C)(=O)=O)C1)C(=O)NC1CC1. The molecule has 2 aliphatic rings. The number of rotatable bonds is 6. The summed E-state index contributed by atoms with van der Waals surface area (Å²) in [7, 11) is -3.10. The smallest absolute Gasteiger partial charge is 0.237 e. The van der Waals surface area contributed by atoms with Crippen LogP contribution in [0.4, 0.5) is 0 Å². The van der Waals surface area contributed by atoms with Gasteiger partial charge in [0.05, 0.1) is 12.3 Å². The van der Waals surface area contributed by atoms with Crippen LogP contribution >= 0.6 is 0 Å². The largest absolute Gasteiger partial charge is 0.352 e. The van der Waals surface area contributed by atoms with Crippen molar-refractivity contribution in [3.8, 4) is 0 Å². The second-order valence-corrected chi connectivity index (χ2v) is 8.02. The lowest BCUT2D eigenvalue weighted by Gasteiger charge is -2.31. The summed E-state index contributed by atoms with van der Waals surface area (Å²) >= 11 is 0. The summed E-state index contributed by atoms with van der Waals surface area (Å²) in [4.78, 5) is 11.8. The number of carbonyl (C=O) groups excluding carboxylic acids is 1. The Bertz CT molecular complexity index is 448. The number of hydrogen-bond donors (Lipinski definition) is 2. The fourth-order valence-electron chi connectivity index (χ4n) is 2.48. The Morgan fingerprint density at radius 1 is 1.35 bits per heavy atom. The molecule has 0 bridgehead atoms. The van der Waals surface area contributed by atoms with Crippen LogP contribution in [0.15, 0.2) is 0 Å². The Balaban J connectivity index is 1.73. The lowest BCUT2D eigenvalue weighted by Crippen LogP contribution is -2.47. The monoisotopic (exact) mass is 303 g/mol. The lowest BCUT2D eigenvalue weighted by molar-refractivity contribution is -0.122. The standard InChI is InChI=1S/C13H25N3O3S/c1-10(13(17)15-12-5-6-12)14-8-11-4-3-7-16(9-11)20(2,18)19/h10-12,14H,3-9H2,1-2H3,(H,15,17). The molecule has 6 nitrogen and oxygen atoms in total. The lowest BCUT2D eigenvalue weighted by atomic mass is 9.99. The molecule has 0 aromatic rings. The minimum atomic E-state index is -3.10. The normalized spacial score (nSPS) is 26.2. The van der Waals surface area contributed by atoms with Crippen molar-refractivity contribution in [1.82, 2.24) is 14.9 Å². The zero-order chi connectivity index (χ0) is 14.8. The minimum absolute atomic E-state index is 0.0447. The number of hydrogen-bond acceptors (Lipinski definition) is 4. The molecule has 0 spiro atoms. The molecule has 2 atom stereocenters. The maximum Gasteiger partial charge on any atom is 0.237 e. The summed E-state index contributed by atoms with van der Waals surface area (Å²) in [5, 5.41) is 6.19. The molecule has 0 radical (unpaired) electrons. The van der Waals surface area contributed by atoms with Crippen LogP contribution in [0.25, 0.3) is 0 Å². The quantitative estimate of drug-likeness (QED) is 0.719. The predicted octanol–water partition coefficient (Wildman–Crippen LogP) is -0.0853. The number of piperidine rings is 1. The molecule has 2 fully saturated rings. The van der Waals surface area contributed by atoms with Gasteiger partial charge in [0.1, 0.15) is 0 Å². The maximum absolute atomic E-state index is 11.8. The number of carbonyl (C=O) groups is 1. The molecule has 2 N–H and O–H groups in total. The third kappa shape index (κ3) is 4.71. The second-order valence-electron chi connectivity index (χ2n) is 6.04. The first-order chi connectivity index (χ1) is 9.36. The summed E-state index contributed by atoms with van der Waals surface area (Å²) in [6.45, 7) is 3.72. The molecule has 116 valence electrons. The molecule has 1 saturated carbocycles. The maximum atomic E-state index is 11.8. The Morgan fingerprint density at radius 2 is 2.05 bits per heavy atom. The van der Waals surface area contributed by atoms with E-state index in [0.717, 1.165) is 25.7 Å². The average Bonchev–Trinajstić information content (AvgIpc) is 3.19. The Kier molecular flexibility index (Phi) is 5.04. The number of nitrogens with one attached hydrogen (secondary N) is 2. The van der Waals surface area contributed by atoms with Crippen LogP contribution in [-0.2, 0) is 14.8 Å². The van der Waals surface area contributed by atoms with Crippen LogP contribution in [0.1, 0.15) is 32.6 Å². The molecule has 1 amide bonds. The molecule has 1 aliphatic heterocycles. The average molecular weight is 303 g/mol. The zero-order valence-electron chi connectivity index (χ0n) is 12.3. The Labute approximate surface area is 121 Å². The highest BCUT2D eigenvalue weighted by molar-refractivity contribution is 7.88. The predicted molar refractivity (Wildman–Crippen MR) is 77.8 cm³/mol. The topological polar surface area (TPSA) is 78.5 Å². The Hall–Kier alpha value is -0.660. The zero-order valence-corrected chi connectivity index (χ0v) is 13.1. The van der Waals surface area contributed by atoms with E-state index in [1.54, 1.807) is 0 Å². The van der Waals surface area contributed by atoms with Gasteiger partial charge < -0.3 is 10.6 Å². The van der Waals surface area contributed by atoms with Crippen LogP contribution in [-0.4, -0.2) is 56.6 Å². The van der Waals surface area contributed by atoms with E-state index in [1.165, 1.54) is 10.6 Å². The van der Waals surface area contributed by atoms with E-state index in [0.29, 0.717) is 25.7 Å². The van der Waals surface area contributed by atoms with E-state index in [1.807, 2.05) is 6.92 Å². The van der Waals surface area contributed by atoms with Gasteiger partial charge in [-0.2, -0.15) is 0 Å². The van der Waals surface area contributed by atoms with Crippen molar-refractivity contribution in [3.05, 3.63) is 0 Å². The molecule has 0 aromatic carbocycles. The van der Waals surface area contributed by atoms with Crippen molar-refractivity contribution in [1.29, 1.82) is 0 Å². The number of amides is 1. The highest BCUT2D eigenvalue weighted by atomic mass is 32.2. The van der Waals surface area contributed by atoms with E-state index in [2.05, 4.69) is 10.6 Å². The summed E-state index contributed by atoms with van der Waals surface area (Å²) in [5.74, 6) is 0.331. The molecular weight excluding hydrogens is 278 g/mol. The fraction of sp³-hybridized carbons (Fsp3) is 0.923. The van der Waals surface area contributed by atoms with Crippen LogP contribution in [0, 0.1) is 5.92 Å². The third-order valence-corrected chi connectivity index (χ3v) is 5.25. The molecule has 2 rings (SSSR count). The van der Waals surface area contributed by atoms with Crippen molar-refractivity contribution in [3.63, 3.8) is 0 Å². The van der Waals surface area contributed by atoms with Crippen LogP contribution < -0.4 is 10.6 Å². The van der Waals surface area contributed by atoms with Gasteiger partial charge in [-0.25, -0.2) is 12.7 Å². The van der Waals surface area contributed by atoms with Crippen molar-refractivity contribution in [2.75, 3.05) is 25.9 Å². The molecule has 7 heteroatoms. The van der Waals surface area contributed by atoms with E-state index in [4.69, 9.17) is 0 Å². The van der Waals surface area contributed by atoms with Crippen molar-refractivity contribution >= 4 is 15.9 Å². The molecule has 1 saturated heterocycles. The summed E-state index contributed by atoms with van der Waals surface area (Å²) in [5.41, 5.74) is 0. The summed E-state index contributed by atoms with van der Waals surface area (Å²) < 4.78 is 24.6. The van der Waals surface area contributed by atoms with E-state index >= 15 is 0 Å². The Morgan fingerprint density at radius 3 is 2.65 bits per heavy atom. The number of nitrogens with zero attached hydrogens (tertiary/aromatic N) is 1. The van der Waals surface area contributed by atoms with Crippen LogP contribution in [0.2, 0.25) is 0 Å². The van der Waals surface area contributed by atoms with E-state index in [9.17, 15) is 13.2 Å². The van der Waals surface area contributed by atoms with Gasteiger partial charge >= 0.3 is 0 Å². The number of sulfonamides is 1. The minimum Gasteiger partial charge on any atom is -0.352 e. The van der Waals surface area contributed by atoms with Gasteiger partial charge in [-0.1, -0.05) is 0 Å². The highest BCUT2D eigenvalue weighted by Gasteiger charge is 2.28. The summed E-state index contributed by atoms with van der Waals surface area (Å²) in [6.07, 6.45) is 5.33. The van der Waals surface area contributed by atoms with Crippen molar-refractivity contribution < 1.29 is 13.2 Å². The van der Waals surface area contributed by atoms with Gasteiger partial charge in [-0.3, -0.25) is 4.79 Å². The van der Waals surface area contributed by atoms with Gasteiger partial charge in [0.2, 0.25) is 15.9 Å². The molecule has 0 aromatic heterocycles. The molecule has 20 heavy (non-hydrogen) atoms. The highest BCUT2D eigenvalue weighted by Crippen LogP contribution is 2.19. The summed E-state index contributed by atoms with van der Waals surface area (Å²) in [6, 6.07) is 0.159. The van der Waals surface area contributed by atoms with Crippen LogP contribution in [0.3, 0.4) is 0 Å². The van der Waals surface area contributed by atoms with Crippen LogP contribution in [0.5, 0.6) is 0 Å². The first kappa shape index (κ1) is 15.7. The van der Waals surface area contributed by atoms with E-state index < -0.39 is 10.0 Å². The van der Waals surface area contributed by atoms with Gasteiger partial charge in [-0.15, -0.1) is 0 Å².